The van der Waals surface area contributed by atoms with Crippen molar-refractivity contribution in [3.8, 4) is 0 Å². The Morgan fingerprint density at radius 2 is 1.86 bits per heavy atom. The minimum absolute atomic E-state index is 1.10. The molecular weight excluding hydrogens is 84.1 g/mol. The van der Waals surface area contributed by atoms with Crippen LogP contribution in [0, 0.1) is 17.8 Å². The van der Waals surface area contributed by atoms with Gasteiger partial charge in [-0.1, -0.05) is 6.92 Å². The first kappa shape index (κ1) is 3.94. The number of hydrogen-bond donors (Lipinski definition) is 0. The molecule has 0 spiro atoms. The molecule has 0 nitrogen and oxygen atoms in total. The third kappa shape index (κ3) is 0.568. The average molecular weight is 96.2 g/mol. The fraction of sp³-hybridized carbons (Fsp3) is 1.00. The van der Waals surface area contributed by atoms with E-state index in [0.717, 1.165) is 5.92 Å². The van der Waals surface area contributed by atoms with E-state index in [2.05, 4.69) is 6.92 Å². The predicted octanol–water partition coefficient (Wildman–Crippen LogP) is 2.05. The highest BCUT2D eigenvalue weighted by Crippen LogP contribution is 2.53. The Hall–Kier alpha value is 0. The third-order valence-corrected chi connectivity index (χ3v) is 2.40. The SMILES string of the molecule is CC1CC1C1CC1. The normalized spacial score (nSPS) is 49.3. The van der Waals surface area contributed by atoms with Crippen LogP contribution >= 0.6 is 0 Å². The quantitative estimate of drug-likeness (QED) is 0.468. The molecule has 40 valence electrons. The Balaban J connectivity index is 1.88. The average Bonchev–Trinajstić information content (AvgIpc) is 2.23. The van der Waals surface area contributed by atoms with Crippen molar-refractivity contribution in [2.75, 3.05) is 0 Å². The van der Waals surface area contributed by atoms with Gasteiger partial charge in [-0.3, -0.25) is 0 Å². The summed E-state index contributed by atoms with van der Waals surface area (Å²) < 4.78 is 0. The highest BCUT2D eigenvalue weighted by molar-refractivity contribution is 4.94. The summed E-state index contributed by atoms with van der Waals surface area (Å²) in [6.07, 6.45) is 4.65. The fourth-order valence-electron chi connectivity index (χ4n) is 1.53. The lowest BCUT2D eigenvalue weighted by atomic mass is 10.2. The molecule has 2 rings (SSSR count). The van der Waals surface area contributed by atoms with E-state index in [4.69, 9.17) is 0 Å². The van der Waals surface area contributed by atoms with E-state index in [0.29, 0.717) is 0 Å². The minimum atomic E-state index is 1.10. The van der Waals surface area contributed by atoms with Crippen molar-refractivity contribution in [1.29, 1.82) is 0 Å². The summed E-state index contributed by atoms with van der Waals surface area (Å²) in [5.74, 6) is 3.47. The Labute approximate surface area is 44.9 Å². The highest BCUT2D eigenvalue weighted by Gasteiger charge is 2.44. The van der Waals surface area contributed by atoms with Crippen LogP contribution in [-0.2, 0) is 0 Å². The lowest BCUT2D eigenvalue weighted by Gasteiger charge is -1.83. The largest absolute Gasteiger partial charge is 0.0622 e. The van der Waals surface area contributed by atoms with Gasteiger partial charge in [0.05, 0.1) is 0 Å². The van der Waals surface area contributed by atoms with E-state index in [9.17, 15) is 0 Å². The van der Waals surface area contributed by atoms with Gasteiger partial charge in [-0.05, 0) is 37.0 Å². The maximum absolute atomic E-state index is 2.38. The van der Waals surface area contributed by atoms with Crippen LogP contribution in [0.1, 0.15) is 26.2 Å². The van der Waals surface area contributed by atoms with E-state index in [1.165, 1.54) is 11.8 Å². The molecule has 2 atom stereocenters. The monoisotopic (exact) mass is 96.1 g/mol. The summed E-state index contributed by atoms with van der Waals surface area (Å²) in [4.78, 5) is 0. The van der Waals surface area contributed by atoms with Gasteiger partial charge in [0, 0.05) is 0 Å². The molecule has 2 unspecified atom stereocenters. The first-order valence-corrected chi connectivity index (χ1v) is 3.38. The van der Waals surface area contributed by atoms with Crippen molar-refractivity contribution in [2.45, 2.75) is 26.2 Å². The van der Waals surface area contributed by atoms with Crippen LogP contribution in [0.5, 0.6) is 0 Å². The smallest absolute Gasteiger partial charge is 0.0357 e. The van der Waals surface area contributed by atoms with Gasteiger partial charge in [-0.25, -0.2) is 0 Å². The molecule has 0 aliphatic heterocycles. The third-order valence-electron chi connectivity index (χ3n) is 2.40. The van der Waals surface area contributed by atoms with E-state index in [-0.39, 0.29) is 0 Å². The summed E-state index contributed by atoms with van der Waals surface area (Å²) >= 11 is 0. The summed E-state index contributed by atoms with van der Waals surface area (Å²) in [7, 11) is 0. The van der Waals surface area contributed by atoms with Gasteiger partial charge in [-0.2, -0.15) is 0 Å². The maximum Gasteiger partial charge on any atom is -0.0357 e. The Morgan fingerprint density at radius 3 is 2.00 bits per heavy atom. The van der Waals surface area contributed by atoms with Crippen molar-refractivity contribution in [3.05, 3.63) is 0 Å². The van der Waals surface area contributed by atoms with Gasteiger partial charge >= 0.3 is 0 Å². The van der Waals surface area contributed by atoms with E-state index >= 15 is 0 Å². The predicted molar refractivity (Wildman–Crippen MR) is 30.0 cm³/mol. The second kappa shape index (κ2) is 1.04. The maximum atomic E-state index is 2.38. The highest BCUT2D eigenvalue weighted by atomic mass is 14.5. The van der Waals surface area contributed by atoms with Gasteiger partial charge in [-0.15, -0.1) is 0 Å². The van der Waals surface area contributed by atoms with Gasteiger partial charge in [0.1, 0.15) is 0 Å². The van der Waals surface area contributed by atoms with Crippen molar-refractivity contribution in [3.63, 3.8) is 0 Å². The van der Waals surface area contributed by atoms with E-state index < -0.39 is 0 Å². The first-order valence-electron chi connectivity index (χ1n) is 3.38. The summed E-state index contributed by atoms with van der Waals surface area (Å²) in [5, 5.41) is 0. The molecule has 0 aromatic carbocycles. The molecule has 0 saturated heterocycles. The van der Waals surface area contributed by atoms with Crippen molar-refractivity contribution < 1.29 is 0 Å². The zero-order valence-corrected chi connectivity index (χ0v) is 4.85. The van der Waals surface area contributed by atoms with Crippen LogP contribution in [-0.4, -0.2) is 0 Å². The van der Waals surface area contributed by atoms with E-state index in [1.54, 1.807) is 19.3 Å². The summed E-state index contributed by atoms with van der Waals surface area (Å²) in [6, 6.07) is 0. The molecule has 0 aromatic heterocycles. The lowest BCUT2D eigenvalue weighted by Crippen LogP contribution is -1.77. The van der Waals surface area contributed by atoms with Gasteiger partial charge < -0.3 is 0 Å². The molecule has 0 radical (unpaired) electrons. The topological polar surface area (TPSA) is 0 Å². The molecule has 0 aromatic rings. The van der Waals surface area contributed by atoms with Crippen LogP contribution in [0.25, 0.3) is 0 Å². The lowest BCUT2D eigenvalue weighted by molar-refractivity contribution is 0.658. The molecule has 0 heterocycles. The van der Waals surface area contributed by atoms with E-state index in [1.807, 2.05) is 0 Å². The zero-order valence-electron chi connectivity index (χ0n) is 4.85. The Bertz CT molecular complexity index is 82.0. The molecule has 7 heavy (non-hydrogen) atoms. The summed E-state index contributed by atoms with van der Waals surface area (Å²) in [5.41, 5.74) is 0. The van der Waals surface area contributed by atoms with Crippen LogP contribution in [0.2, 0.25) is 0 Å². The molecule has 0 heteroatoms. The standard InChI is InChI=1S/C7H12/c1-5-4-7(5)6-2-3-6/h5-7H,2-4H2,1H3. The molecule has 2 saturated carbocycles. The second-order valence-electron chi connectivity index (χ2n) is 3.21. The van der Waals surface area contributed by atoms with Crippen molar-refractivity contribution in [2.24, 2.45) is 17.8 Å². The molecule has 0 bridgehead atoms. The fourth-order valence-corrected chi connectivity index (χ4v) is 1.53. The molecular formula is C7H12. The van der Waals surface area contributed by atoms with Crippen LogP contribution in [0.3, 0.4) is 0 Å². The minimum Gasteiger partial charge on any atom is -0.0622 e. The van der Waals surface area contributed by atoms with Gasteiger partial charge in [0.2, 0.25) is 0 Å². The van der Waals surface area contributed by atoms with Crippen molar-refractivity contribution in [1.82, 2.24) is 0 Å². The van der Waals surface area contributed by atoms with Gasteiger partial charge in [0.15, 0.2) is 0 Å². The summed E-state index contributed by atoms with van der Waals surface area (Å²) in [6.45, 7) is 2.38. The van der Waals surface area contributed by atoms with Crippen molar-refractivity contribution >= 4 is 0 Å². The molecule has 0 amide bonds. The van der Waals surface area contributed by atoms with Crippen LogP contribution < -0.4 is 0 Å². The number of hydrogen-bond acceptors (Lipinski definition) is 0. The molecule has 2 fully saturated rings. The van der Waals surface area contributed by atoms with Crippen LogP contribution in [0.4, 0.5) is 0 Å². The molecule has 2 aliphatic carbocycles. The zero-order chi connectivity index (χ0) is 4.85. The molecule has 2 aliphatic rings. The molecule has 0 N–H and O–H groups in total. The first-order chi connectivity index (χ1) is 3.38. The second-order valence-corrected chi connectivity index (χ2v) is 3.21. The Kier molecular flexibility index (Phi) is 0.586. The van der Waals surface area contributed by atoms with Crippen LogP contribution in [0.15, 0.2) is 0 Å². The van der Waals surface area contributed by atoms with Gasteiger partial charge in [0.25, 0.3) is 0 Å². The number of rotatable bonds is 1. The Morgan fingerprint density at radius 1 is 1.29 bits per heavy atom.